The average molecular weight is 326 g/mol. The molecule has 1 unspecified atom stereocenters. The molecule has 1 aliphatic heterocycles. The lowest BCUT2D eigenvalue weighted by atomic mass is 10.0. The summed E-state index contributed by atoms with van der Waals surface area (Å²) in [6.07, 6.45) is 4.81. The molecule has 1 aromatic carbocycles. The van der Waals surface area contributed by atoms with Gasteiger partial charge in [-0.15, -0.1) is 0 Å². The maximum absolute atomic E-state index is 11.4. The number of likely N-dealkylation sites (tertiary alicyclic amines) is 1. The van der Waals surface area contributed by atoms with Crippen LogP contribution in [-0.4, -0.2) is 45.8 Å². The van der Waals surface area contributed by atoms with Gasteiger partial charge in [-0.1, -0.05) is 18.6 Å². The molecule has 22 heavy (non-hydrogen) atoms. The minimum atomic E-state index is -3.18. The zero-order valence-corrected chi connectivity index (χ0v) is 14.2. The molecule has 1 N–H and O–H groups in total. The molecule has 0 aromatic heterocycles. The van der Waals surface area contributed by atoms with Gasteiger partial charge >= 0.3 is 0 Å². The number of nitrogens with zero attached hydrogens (tertiary/aromatic N) is 1. The maximum Gasteiger partial charge on any atom is 0.208 e. The normalized spacial score (nSPS) is 18.1. The third-order valence-corrected chi connectivity index (χ3v) is 4.64. The van der Waals surface area contributed by atoms with Crippen LogP contribution in [0.2, 0.25) is 0 Å². The summed E-state index contributed by atoms with van der Waals surface area (Å²) >= 11 is 0. The van der Waals surface area contributed by atoms with Gasteiger partial charge < -0.3 is 4.74 Å². The van der Waals surface area contributed by atoms with Crippen molar-refractivity contribution >= 4 is 10.0 Å². The zero-order chi connectivity index (χ0) is 16.0. The van der Waals surface area contributed by atoms with Gasteiger partial charge in [0, 0.05) is 12.6 Å². The van der Waals surface area contributed by atoms with Gasteiger partial charge in [0.25, 0.3) is 0 Å². The first kappa shape index (κ1) is 17.2. The van der Waals surface area contributed by atoms with Crippen molar-refractivity contribution in [3.05, 3.63) is 29.8 Å². The fourth-order valence-electron chi connectivity index (χ4n) is 2.87. The molecule has 2 rings (SSSR count). The molecule has 1 aromatic rings. The number of hydrogen-bond donors (Lipinski definition) is 1. The molecule has 124 valence electrons. The summed E-state index contributed by atoms with van der Waals surface area (Å²) in [6, 6.07) is 8.06. The van der Waals surface area contributed by atoms with E-state index in [0.29, 0.717) is 13.2 Å². The monoisotopic (exact) mass is 326 g/mol. The van der Waals surface area contributed by atoms with E-state index in [1.165, 1.54) is 25.5 Å². The molecule has 0 aliphatic carbocycles. The fourth-order valence-corrected chi connectivity index (χ4v) is 3.33. The second-order valence-electron chi connectivity index (χ2n) is 5.74. The standard InChI is InChI=1S/C16H26N2O3S/c1-3-21-15-9-7-14(8-10-15)16(13-17-22(2,19)20)18-11-5-4-6-12-18/h7-10,16-17H,3-6,11-13H2,1-2H3. The largest absolute Gasteiger partial charge is 0.494 e. The molecule has 0 spiro atoms. The van der Waals surface area contributed by atoms with Crippen LogP contribution < -0.4 is 9.46 Å². The van der Waals surface area contributed by atoms with Crippen LogP contribution in [0, 0.1) is 0 Å². The molecule has 0 radical (unpaired) electrons. The van der Waals surface area contributed by atoms with Crippen LogP contribution in [0.5, 0.6) is 5.75 Å². The molecule has 1 aliphatic rings. The summed E-state index contributed by atoms with van der Waals surface area (Å²) < 4.78 is 31.0. The van der Waals surface area contributed by atoms with Gasteiger partial charge in [-0.2, -0.15) is 0 Å². The number of rotatable bonds is 7. The predicted molar refractivity (Wildman–Crippen MR) is 88.6 cm³/mol. The molecule has 1 heterocycles. The van der Waals surface area contributed by atoms with Gasteiger partial charge in [-0.05, 0) is 50.6 Å². The van der Waals surface area contributed by atoms with Gasteiger partial charge in [-0.3, -0.25) is 4.90 Å². The number of piperidine rings is 1. The van der Waals surface area contributed by atoms with Crippen LogP contribution in [0.3, 0.4) is 0 Å². The highest BCUT2D eigenvalue weighted by atomic mass is 32.2. The fraction of sp³-hybridized carbons (Fsp3) is 0.625. The van der Waals surface area contributed by atoms with Crippen molar-refractivity contribution in [1.82, 2.24) is 9.62 Å². The Bertz CT molecular complexity index is 551. The highest BCUT2D eigenvalue weighted by Gasteiger charge is 2.23. The van der Waals surface area contributed by atoms with Gasteiger partial charge in [0.1, 0.15) is 5.75 Å². The minimum absolute atomic E-state index is 0.0747. The van der Waals surface area contributed by atoms with Crippen molar-refractivity contribution in [2.24, 2.45) is 0 Å². The summed E-state index contributed by atoms with van der Waals surface area (Å²) in [7, 11) is -3.18. The van der Waals surface area contributed by atoms with Gasteiger partial charge in [0.05, 0.1) is 12.9 Å². The van der Waals surface area contributed by atoms with E-state index in [0.717, 1.165) is 24.4 Å². The molecule has 0 amide bonds. The van der Waals surface area contributed by atoms with E-state index in [4.69, 9.17) is 4.74 Å². The molecule has 5 nitrogen and oxygen atoms in total. The number of nitrogens with one attached hydrogen (secondary N) is 1. The smallest absolute Gasteiger partial charge is 0.208 e. The Morgan fingerprint density at radius 1 is 1.18 bits per heavy atom. The molecule has 0 bridgehead atoms. The Morgan fingerprint density at radius 2 is 1.82 bits per heavy atom. The molecule has 0 saturated carbocycles. The van der Waals surface area contributed by atoms with E-state index in [1.807, 2.05) is 31.2 Å². The van der Waals surface area contributed by atoms with Crippen LogP contribution in [0.4, 0.5) is 0 Å². The molecular weight excluding hydrogens is 300 g/mol. The lowest BCUT2D eigenvalue weighted by Gasteiger charge is -2.35. The van der Waals surface area contributed by atoms with Crippen molar-refractivity contribution in [2.45, 2.75) is 32.2 Å². The number of hydrogen-bond acceptors (Lipinski definition) is 4. The third kappa shape index (κ3) is 5.26. The van der Waals surface area contributed by atoms with Crippen molar-refractivity contribution in [2.75, 3.05) is 32.5 Å². The maximum atomic E-state index is 11.4. The zero-order valence-electron chi connectivity index (χ0n) is 13.4. The minimum Gasteiger partial charge on any atom is -0.494 e. The van der Waals surface area contributed by atoms with Crippen LogP contribution in [0.1, 0.15) is 37.8 Å². The van der Waals surface area contributed by atoms with Crippen molar-refractivity contribution in [3.63, 3.8) is 0 Å². The lowest BCUT2D eigenvalue weighted by molar-refractivity contribution is 0.164. The number of ether oxygens (including phenoxy) is 1. The van der Waals surface area contributed by atoms with Crippen LogP contribution in [0.15, 0.2) is 24.3 Å². The van der Waals surface area contributed by atoms with Gasteiger partial charge in [0.2, 0.25) is 10.0 Å². The van der Waals surface area contributed by atoms with Crippen LogP contribution >= 0.6 is 0 Å². The first-order valence-electron chi connectivity index (χ1n) is 7.91. The topological polar surface area (TPSA) is 58.6 Å². The second kappa shape index (κ2) is 7.94. The van der Waals surface area contributed by atoms with Crippen molar-refractivity contribution in [3.8, 4) is 5.75 Å². The van der Waals surface area contributed by atoms with E-state index in [1.54, 1.807) is 0 Å². The molecule has 1 saturated heterocycles. The summed E-state index contributed by atoms with van der Waals surface area (Å²) in [5, 5.41) is 0. The second-order valence-corrected chi connectivity index (χ2v) is 7.57. The highest BCUT2D eigenvalue weighted by Crippen LogP contribution is 2.26. The van der Waals surface area contributed by atoms with E-state index in [9.17, 15) is 8.42 Å². The molecule has 1 fully saturated rings. The SMILES string of the molecule is CCOc1ccc(C(CNS(C)(=O)=O)N2CCCCC2)cc1. The van der Waals surface area contributed by atoms with E-state index < -0.39 is 10.0 Å². The third-order valence-electron chi connectivity index (χ3n) is 3.95. The van der Waals surface area contributed by atoms with Gasteiger partial charge in [-0.25, -0.2) is 13.1 Å². The lowest BCUT2D eigenvalue weighted by Crippen LogP contribution is -2.40. The highest BCUT2D eigenvalue weighted by molar-refractivity contribution is 7.88. The Morgan fingerprint density at radius 3 is 2.36 bits per heavy atom. The number of sulfonamides is 1. The van der Waals surface area contributed by atoms with Crippen LogP contribution in [-0.2, 0) is 10.0 Å². The Hall–Kier alpha value is -1.11. The Labute approximate surface area is 133 Å². The van der Waals surface area contributed by atoms with Gasteiger partial charge in [0.15, 0.2) is 0 Å². The van der Waals surface area contributed by atoms with Crippen LogP contribution in [0.25, 0.3) is 0 Å². The molecular formula is C16H26N2O3S. The first-order chi connectivity index (χ1) is 10.5. The summed E-state index contributed by atoms with van der Waals surface area (Å²) in [6.45, 7) is 5.05. The average Bonchev–Trinajstić information content (AvgIpc) is 2.49. The quantitative estimate of drug-likeness (QED) is 0.834. The van der Waals surface area contributed by atoms with E-state index in [2.05, 4.69) is 9.62 Å². The Kier molecular flexibility index (Phi) is 6.23. The summed E-state index contributed by atoms with van der Waals surface area (Å²) in [5.41, 5.74) is 1.13. The first-order valence-corrected chi connectivity index (χ1v) is 9.80. The molecule has 6 heteroatoms. The van der Waals surface area contributed by atoms with E-state index in [-0.39, 0.29) is 6.04 Å². The van der Waals surface area contributed by atoms with Crippen molar-refractivity contribution < 1.29 is 13.2 Å². The Balaban J connectivity index is 2.14. The van der Waals surface area contributed by atoms with E-state index >= 15 is 0 Å². The molecule has 1 atom stereocenters. The summed E-state index contributed by atoms with van der Waals surface area (Å²) in [5.74, 6) is 0.847. The predicted octanol–water partition coefficient (Wildman–Crippen LogP) is 2.16. The summed E-state index contributed by atoms with van der Waals surface area (Å²) in [4.78, 5) is 2.37. The number of benzene rings is 1. The van der Waals surface area contributed by atoms with Crippen molar-refractivity contribution in [1.29, 1.82) is 0 Å².